The largest absolute Gasteiger partial charge is 0.409 e. The van der Waals surface area contributed by atoms with Crippen molar-refractivity contribution in [3.8, 4) is 0 Å². The van der Waals surface area contributed by atoms with E-state index in [1.807, 2.05) is 0 Å². The Kier molecular flexibility index (Phi) is 5.21. The number of nitrogens with zero attached hydrogens (tertiary/aromatic N) is 2. The summed E-state index contributed by atoms with van der Waals surface area (Å²) in [5.74, 6) is -1.22. The molecule has 0 heterocycles. The first-order valence-corrected chi connectivity index (χ1v) is 6.22. The first-order chi connectivity index (χ1) is 9.27. The van der Waals surface area contributed by atoms with Gasteiger partial charge in [0.2, 0.25) is 5.91 Å². The Balaban J connectivity index is 3.02. The van der Waals surface area contributed by atoms with Crippen molar-refractivity contribution in [3.63, 3.8) is 0 Å². The lowest BCUT2D eigenvalue weighted by molar-refractivity contribution is -0.166. The van der Waals surface area contributed by atoms with Gasteiger partial charge in [0.15, 0.2) is 5.84 Å². The van der Waals surface area contributed by atoms with Gasteiger partial charge in [0.05, 0.1) is 6.61 Å². The van der Waals surface area contributed by atoms with Crippen LogP contribution in [-0.4, -0.2) is 52.8 Å². The van der Waals surface area contributed by atoms with Crippen molar-refractivity contribution >= 4 is 11.7 Å². The van der Waals surface area contributed by atoms with Crippen LogP contribution in [0, 0.1) is 5.41 Å². The Bertz CT molecular complexity index is 379. The number of hydrogen-bond acceptors (Lipinski definition) is 4. The summed E-state index contributed by atoms with van der Waals surface area (Å²) in [5, 5.41) is 20.4. The van der Waals surface area contributed by atoms with Crippen molar-refractivity contribution in [3.05, 3.63) is 0 Å². The van der Waals surface area contributed by atoms with Crippen LogP contribution >= 0.6 is 0 Å². The van der Waals surface area contributed by atoms with Gasteiger partial charge in [-0.3, -0.25) is 4.79 Å². The number of nitrogens with two attached hydrogens (primary N) is 1. The van der Waals surface area contributed by atoms with Crippen molar-refractivity contribution in [2.24, 2.45) is 16.3 Å². The van der Waals surface area contributed by atoms with Gasteiger partial charge in [0, 0.05) is 6.54 Å². The van der Waals surface area contributed by atoms with Crippen LogP contribution in [0.5, 0.6) is 0 Å². The molecule has 0 aromatic rings. The minimum atomic E-state index is -4.57. The maximum atomic E-state index is 12.5. The number of amidine groups is 1. The molecule has 0 radical (unpaired) electrons. The smallest absolute Gasteiger partial charge is 0.406 e. The third-order valence-corrected chi connectivity index (χ3v) is 3.49. The minimum Gasteiger partial charge on any atom is -0.409 e. The second-order valence-electron chi connectivity index (χ2n) is 4.84. The monoisotopic (exact) mass is 297 g/mol. The summed E-state index contributed by atoms with van der Waals surface area (Å²) < 4.78 is 37.5. The van der Waals surface area contributed by atoms with Crippen LogP contribution < -0.4 is 5.73 Å². The summed E-state index contributed by atoms with van der Waals surface area (Å²) in [4.78, 5) is 12.9. The van der Waals surface area contributed by atoms with Crippen molar-refractivity contribution in [2.75, 3.05) is 19.7 Å². The lowest BCUT2D eigenvalue weighted by atomic mass is 9.83. The molecule has 0 aromatic heterocycles. The quantitative estimate of drug-likeness (QED) is 0.301. The summed E-state index contributed by atoms with van der Waals surface area (Å²) >= 11 is 0. The number of carbonyl (C=O) groups excluding carboxylic acids is 1. The third kappa shape index (κ3) is 3.53. The average molecular weight is 297 g/mol. The Morgan fingerprint density at radius 3 is 2.30 bits per heavy atom. The highest BCUT2D eigenvalue weighted by atomic mass is 19.4. The average Bonchev–Trinajstić information content (AvgIpc) is 2.85. The molecule has 9 heteroatoms. The number of halogens is 3. The van der Waals surface area contributed by atoms with Crippen LogP contribution in [-0.2, 0) is 4.79 Å². The second kappa shape index (κ2) is 6.29. The molecule has 4 N–H and O–H groups in total. The van der Waals surface area contributed by atoms with Gasteiger partial charge in [-0.25, -0.2) is 0 Å². The van der Waals surface area contributed by atoms with Crippen LogP contribution in [0.1, 0.15) is 25.7 Å². The number of amides is 1. The van der Waals surface area contributed by atoms with E-state index in [9.17, 15) is 18.0 Å². The maximum absolute atomic E-state index is 12.5. The van der Waals surface area contributed by atoms with E-state index in [1.54, 1.807) is 0 Å². The van der Waals surface area contributed by atoms with Gasteiger partial charge in [0.25, 0.3) is 0 Å². The normalized spacial score (nSPS) is 19.1. The van der Waals surface area contributed by atoms with E-state index in [2.05, 4.69) is 5.16 Å². The van der Waals surface area contributed by atoms with E-state index in [4.69, 9.17) is 16.0 Å². The zero-order chi connectivity index (χ0) is 15.4. The molecule has 1 saturated carbocycles. The lowest BCUT2D eigenvalue weighted by Gasteiger charge is -2.33. The highest BCUT2D eigenvalue weighted by Gasteiger charge is 2.49. The molecule has 6 nitrogen and oxygen atoms in total. The summed E-state index contributed by atoms with van der Waals surface area (Å²) in [6, 6.07) is 0. The molecule has 0 spiro atoms. The highest BCUT2D eigenvalue weighted by Crippen LogP contribution is 2.40. The fraction of sp³-hybridized carbons (Fsp3) is 0.818. The predicted octanol–water partition coefficient (Wildman–Crippen LogP) is 0.676. The van der Waals surface area contributed by atoms with E-state index in [0.29, 0.717) is 17.7 Å². The molecule has 0 unspecified atom stereocenters. The fourth-order valence-electron chi connectivity index (χ4n) is 2.55. The van der Waals surface area contributed by atoms with Gasteiger partial charge in [0.1, 0.15) is 12.0 Å². The number of rotatable bonds is 5. The van der Waals surface area contributed by atoms with Crippen LogP contribution in [0.4, 0.5) is 13.2 Å². The van der Waals surface area contributed by atoms with Crippen LogP contribution in [0.3, 0.4) is 0 Å². The predicted molar refractivity (Wildman–Crippen MR) is 64.0 cm³/mol. The molecule has 0 saturated heterocycles. The van der Waals surface area contributed by atoms with Crippen molar-refractivity contribution in [1.82, 2.24) is 4.90 Å². The second-order valence-corrected chi connectivity index (χ2v) is 4.84. The van der Waals surface area contributed by atoms with Crippen LogP contribution in [0.15, 0.2) is 5.16 Å². The van der Waals surface area contributed by atoms with Crippen LogP contribution in [0.25, 0.3) is 0 Å². The Labute approximate surface area is 114 Å². The van der Waals surface area contributed by atoms with Gasteiger partial charge in [-0.2, -0.15) is 13.2 Å². The number of aliphatic hydroxyl groups excluding tert-OH is 1. The number of hydrogen-bond donors (Lipinski definition) is 3. The minimum absolute atomic E-state index is 0.238. The first kappa shape index (κ1) is 16.5. The topological polar surface area (TPSA) is 99.2 Å². The van der Waals surface area contributed by atoms with Crippen molar-refractivity contribution in [2.45, 2.75) is 31.9 Å². The van der Waals surface area contributed by atoms with Crippen molar-refractivity contribution < 1.29 is 28.3 Å². The number of alkyl halides is 3. The third-order valence-electron chi connectivity index (χ3n) is 3.49. The molecular formula is C11H18F3N3O3. The highest BCUT2D eigenvalue weighted by molar-refractivity contribution is 6.07. The molecule has 20 heavy (non-hydrogen) atoms. The summed E-state index contributed by atoms with van der Waals surface area (Å²) in [6.07, 6.45) is -2.87. The molecule has 1 rings (SSSR count). The fourth-order valence-corrected chi connectivity index (χ4v) is 2.55. The molecule has 1 fully saturated rings. The van der Waals surface area contributed by atoms with Crippen molar-refractivity contribution in [1.29, 1.82) is 0 Å². The number of carbonyl (C=O) groups is 1. The molecule has 0 atom stereocenters. The van der Waals surface area contributed by atoms with Crippen LogP contribution in [0.2, 0.25) is 0 Å². The molecule has 0 bridgehead atoms. The Morgan fingerprint density at radius 1 is 1.35 bits per heavy atom. The van der Waals surface area contributed by atoms with Gasteiger partial charge in [-0.05, 0) is 12.8 Å². The Hall–Kier alpha value is -1.51. The van der Waals surface area contributed by atoms with Gasteiger partial charge >= 0.3 is 6.18 Å². The standard InChI is InChI=1S/C11H18F3N3O3/c12-11(13,14)7-17(5-6-18)9(19)10(8(15)16-20)3-1-2-4-10/h18,20H,1-7H2,(H2,15,16). The van der Waals surface area contributed by atoms with E-state index in [-0.39, 0.29) is 18.7 Å². The summed E-state index contributed by atoms with van der Waals surface area (Å²) in [6.45, 7) is -2.50. The lowest BCUT2D eigenvalue weighted by Crippen LogP contribution is -2.52. The van der Waals surface area contributed by atoms with E-state index in [1.165, 1.54) is 0 Å². The van der Waals surface area contributed by atoms with E-state index >= 15 is 0 Å². The molecule has 1 amide bonds. The number of oxime groups is 1. The van der Waals surface area contributed by atoms with E-state index in [0.717, 1.165) is 0 Å². The van der Waals surface area contributed by atoms with Gasteiger partial charge < -0.3 is 20.9 Å². The van der Waals surface area contributed by atoms with Gasteiger partial charge in [-0.15, -0.1) is 0 Å². The number of aliphatic hydroxyl groups is 1. The molecule has 1 aliphatic rings. The molecule has 0 aliphatic heterocycles. The molecule has 1 aliphatic carbocycles. The summed E-state index contributed by atoms with van der Waals surface area (Å²) in [5.41, 5.74) is 4.13. The molecule has 0 aromatic carbocycles. The zero-order valence-corrected chi connectivity index (χ0v) is 10.9. The first-order valence-electron chi connectivity index (χ1n) is 6.22. The summed E-state index contributed by atoms with van der Waals surface area (Å²) in [7, 11) is 0. The SMILES string of the molecule is NC(=NO)C1(C(=O)N(CCO)CC(F)(F)F)CCCC1. The zero-order valence-electron chi connectivity index (χ0n) is 10.9. The molecular weight excluding hydrogens is 279 g/mol. The maximum Gasteiger partial charge on any atom is 0.406 e. The van der Waals surface area contributed by atoms with Gasteiger partial charge in [-0.1, -0.05) is 18.0 Å². The Morgan fingerprint density at radius 2 is 1.90 bits per heavy atom. The van der Waals surface area contributed by atoms with E-state index < -0.39 is 37.2 Å². The molecule has 116 valence electrons.